The molecule has 0 aliphatic heterocycles. The highest BCUT2D eigenvalue weighted by molar-refractivity contribution is 5.17. The monoisotopic (exact) mass is 385 g/mol. The summed E-state index contributed by atoms with van der Waals surface area (Å²) in [5.74, 6) is 2.63. The van der Waals surface area contributed by atoms with Crippen molar-refractivity contribution in [2.45, 2.75) is 129 Å². The SMILES string of the molecule is CCCCCCCc1ccc([C@H]2CC[C@H](CC[C@@H](C)CCCCC)CC2)nc1. The minimum Gasteiger partial charge on any atom is -0.261 e. The van der Waals surface area contributed by atoms with E-state index in [1.165, 1.54) is 114 Å². The molecule has 0 radical (unpaired) electrons. The minimum absolute atomic E-state index is 0.719. The molecule has 0 saturated heterocycles. The van der Waals surface area contributed by atoms with Crippen LogP contribution in [0.5, 0.6) is 0 Å². The van der Waals surface area contributed by atoms with Crippen molar-refractivity contribution in [1.29, 1.82) is 0 Å². The predicted molar refractivity (Wildman–Crippen MR) is 124 cm³/mol. The smallest absolute Gasteiger partial charge is 0.0434 e. The summed E-state index contributed by atoms with van der Waals surface area (Å²) >= 11 is 0. The maximum absolute atomic E-state index is 4.86. The van der Waals surface area contributed by atoms with Crippen LogP contribution in [0.25, 0.3) is 0 Å². The molecule has 1 saturated carbocycles. The van der Waals surface area contributed by atoms with Gasteiger partial charge in [-0.1, -0.05) is 91.0 Å². The topological polar surface area (TPSA) is 12.9 Å². The maximum atomic E-state index is 4.86. The molecular formula is C27H47N. The third-order valence-electron chi connectivity index (χ3n) is 7.05. The number of aryl methyl sites for hydroxylation is 1. The van der Waals surface area contributed by atoms with Crippen molar-refractivity contribution >= 4 is 0 Å². The fourth-order valence-corrected chi connectivity index (χ4v) is 4.91. The van der Waals surface area contributed by atoms with E-state index in [1.54, 1.807) is 0 Å². The fourth-order valence-electron chi connectivity index (χ4n) is 4.91. The Morgan fingerprint density at radius 3 is 2.25 bits per heavy atom. The molecule has 2 rings (SSSR count). The lowest BCUT2D eigenvalue weighted by Crippen LogP contribution is -2.15. The van der Waals surface area contributed by atoms with Crippen LogP contribution in [0, 0.1) is 11.8 Å². The molecule has 0 unspecified atom stereocenters. The first-order chi connectivity index (χ1) is 13.7. The van der Waals surface area contributed by atoms with Crippen LogP contribution in [0.3, 0.4) is 0 Å². The van der Waals surface area contributed by atoms with Gasteiger partial charge in [0.05, 0.1) is 0 Å². The summed E-state index contributed by atoms with van der Waals surface area (Å²) in [5.41, 5.74) is 2.80. The molecule has 1 fully saturated rings. The van der Waals surface area contributed by atoms with E-state index in [1.807, 2.05) is 0 Å². The molecule has 1 atom stereocenters. The van der Waals surface area contributed by atoms with Gasteiger partial charge in [0, 0.05) is 17.8 Å². The van der Waals surface area contributed by atoms with Gasteiger partial charge in [-0.15, -0.1) is 0 Å². The average Bonchev–Trinajstić information content (AvgIpc) is 2.73. The van der Waals surface area contributed by atoms with Crippen LogP contribution in [0.1, 0.15) is 134 Å². The molecule has 1 aliphatic rings. The zero-order chi connectivity index (χ0) is 20.0. The van der Waals surface area contributed by atoms with Crippen LogP contribution < -0.4 is 0 Å². The van der Waals surface area contributed by atoms with Crippen LogP contribution >= 0.6 is 0 Å². The Kier molecular flexibility index (Phi) is 11.9. The Bertz CT molecular complexity index is 483. The lowest BCUT2D eigenvalue weighted by molar-refractivity contribution is 0.283. The van der Waals surface area contributed by atoms with E-state index in [-0.39, 0.29) is 0 Å². The second kappa shape index (κ2) is 14.2. The van der Waals surface area contributed by atoms with Gasteiger partial charge in [0.15, 0.2) is 0 Å². The Hall–Kier alpha value is -0.850. The fraction of sp³-hybridized carbons (Fsp3) is 0.815. The molecule has 0 bridgehead atoms. The number of aromatic nitrogens is 1. The number of pyridine rings is 1. The molecule has 1 aliphatic carbocycles. The van der Waals surface area contributed by atoms with Gasteiger partial charge in [-0.3, -0.25) is 4.98 Å². The highest BCUT2D eigenvalue weighted by atomic mass is 14.7. The van der Waals surface area contributed by atoms with Crippen molar-refractivity contribution in [2.24, 2.45) is 11.8 Å². The minimum atomic E-state index is 0.719. The summed E-state index contributed by atoms with van der Waals surface area (Å²) in [6.07, 6.45) is 24.3. The molecule has 1 heteroatoms. The number of unbranched alkanes of at least 4 members (excludes halogenated alkanes) is 6. The summed E-state index contributed by atoms with van der Waals surface area (Å²) in [4.78, 5) is 4.86. The average molecular weight is 386 g/mol. The molecule has 0 aromatic carbocycles. The van der Waals surface area contributed by atoms with E-state index in [2.05, 4.69) is 39.1 Å². The molecule has 1 nitrogen and oxygen atoms in total. The second-order valence-electron chi connectivity index (χ2n) is 9.65. The zero-order valence-corrected chi connectivity index (χ0v) is 19.2. The van der Waals surface area contributed by atoms with Crippen LogP contribution in [0.4, 0.5) is 0 Å². The Balaban J connectivity index is 1.63. The predicted octanol–water partition coefficient (Wildman–Crippen LogP) is 8.86. The third-order valence-corrected chi connectivity index (χ3v) is 7.05. The molecule has 160 valence electrons. The third kappa shape index (κ3) is 9.10. The molecule has 0 N–H and O–H groups in total. The van der Waals surface area contributed by atoms with Crippen molar-refractivity contribution < 1.29 is 0 Å². The van der Waals surface area contributed by atoms with Crippen LogP contribution in [0.2, 0.25) is 0 Å². The first-order valence-corrected chi connectivity index (χ1v) is 12.7. The highest BCUT2D eigenvalue weighted by Crippen LogP contribution is 2.37. The molecule has 1 heterocycles. The first-order valence-electron chi connectivity index (χ1n) is 12.7. The van der Waals surface area contributed by atoms with E-state index in [9.17, 15) is 0 Å². The zero-order valence-electron chi connectivity index (χ0n) is 19.2. The van der Waals surface area contributed by atoms with Crippen molar-refractivity contribution in [3.05, 3.63) is 29.6 Å². The number of hydrogen-bond acceptors (Lipinski definition) is 1. The van der Waals surface area contributed by atoms with Gasteiger partial charge in [-0.25, -0.2) is 0 Å². The van der Waals surface area contributed by atoms with Gasteiger partial charge in [-0.05, 0) is 62.0 Å². The number of hydrogen-bond donors (Lipinski definition) is 0. The lowest BCUT2D eigenvalue weighted by Gasteiger charge is -2.29. The Morgan fingerprint density at radius 2 is 1.57 bits per heavy atom. The van der Waals surface area contributed by atoms with Crippen molar-refractivity contribution in [1.82, 2.24) is 4.98 Å². The summed E-state index contributed by atoms with van der Waals surface area (Å²) in [6, 6.07) is 4.69. The van der Waals surface area contributed by atoms with Crippen LogP contribution in [0.15, 0.2) is 18.3 Å². The Morgan fingerprint density at radius 1 is 0.857 bits per heavy atom. The van der Waals surface area contributed by atoms with E-state index in [4.69, 9.17) is 4.98 Å². The van der Waals surface area contributed by atoms with Gasteiger partial charge < -0.3 is 0 Å². The lowest BCUT2D eigenvalue weighted by atomic mass is 9.77. The molecule has 0 amide bonds. The normalized spacial score (nSPS) is 21.0. The van der Waals surface area contributed by atoms with Gasteiger partial charge in [0.1, 0.15) is 0 Å². The largest absolute Gasteiger partial charge is 0.261 e. The summed E-state index contributed by atoms with van der Waals surface area (Å²) in [6.45, 7) is 7.06. The molecular weight excluding hydrogens is 338 g/mol. The molecule has 1 aromatic heterocycles. The van der Waals surface area contributed by atoms with Gasteiger partial charge in [0.25, 0.3) is 0 Å². The number of rotatable bonds is 14. The highest BCUT2D eigenvalue weighted by Gasteiger charge is 2.23. The second-order valence-corrected chi connectivity index (χ2v) is 9.65. The summed E-state index contributed by atoms with van der Waals surface area (Å²) in [5, 5.41) is 0. The standard InChI is InChI=1S/C27H47N/c1-4-6-8-9-11-13-25-18-21-27(28-22-25)26-19-16-24(17-20-26)15-14-23(3)12-10-7-5-2/h18,21-24,26H,4-17,19-20H2,1-3H3/t23-,24-,26-/m0/s1. The van der Waals surface area contributed by atoms with E-state index in [0.29, 0.717) is 0 Å². The van der Waals surface area contributed by atoms with Crippen molar-refractivity contribution in [2.75, 3.05) is 0 Å². The maximum Gasteiger partial charge on any atom is 0.0434 e. The molecule has 1 aromatic rings. The van der Waals surface area contributed by atoms with E-state index < -0.39 is 0 Å². The van der Waals surface area contributed by atoms with E-state index >= 15 is 0 Å². The quantitative estimate of drug-likeness (QED) is 0.291. The van der Waals surface area contributed by atoms with Crippen molar-refractivity contribution in [3.8, 4) is 0 Å². The van der Waals surface area contributed by atoms with E-state index in [0.717, 1.165) is 17.8 Å². The van der Waals surface area contributed by atoms with Gasteiger partial charge in [0.2, 0.25) is 0 Å². The van der Waals surface area contributed by atoms with Crippen LogP contribution in [-0.4, -0.2) is 4.98 Å². The summed E-state index contributed by atoms with van der Waals surface area (Å²) in [7, 11) is 0. The first kappa shape index (κ1) is 23.4. The summed E-state index contributed by atoms with van der Waals surface area (Å²) < 4.78 is 0. The van der Waals surface area contributed by atoms with Gasteiger partial charge >= 0.3 is 0 Å². The number of nitrogens with zero attached hydrogens (tertiary/aromatic N) is 1. The Labute approximate surface area is 176 Å². The van der Waals surface area contributed by atoms with Crippen LogP contribution in [-0.2, 0) is 6.42 Å². The molecule has 28 heavy (non-hydrogen) atoms. The molecule has 0 spiro atoms. The van der Waals surface area contributed by atoms with Gasteiger partial charge in [-0.2, -0.15) is 0 Å². The van der Waals surface area contributed by atoms with Crippen molar-refractivity contribution in [3.63, 3.8) is 0 Å².